The molecule has 0 amide bonds. The van der Waals surface area contributed by atoms with Gasteiger partial charge in [-0.1, -0.05) is 70.9 Å². The Hall–Kier alpha value is -0.960. The molecule has 0 bridgehead atoms. The maximum atomic E-state index is 11.8. The highest BCUT2D eigenvalue weighted by Crippen LogP contribution is 2.12. The van der Waals surface area contributed by atoms with Gasteiger partial charge < -0.3 is 10.5 Å². The Bertz CT molecular complexity index is 363. The number of allylic oxidation sites excluding steroid dienone is 2. The SMILES string of the molecule is CC(C)[C@H](N)C(=O)CCCCCCCC/C=C\CCCCCCCC=O. The second kappa shape index (κ2) is 18.8. The number of ketones is 1. The van der Waals surface area contributed by atoms with Crippen LogP contribution in [0.15, 0.2) is 12.2 Å². The third-order valence-electron chi connectivity index (χ3n) is 4.99. The van der Waals surface area contributed by atoms with Crippen molar-refractivity contribution in [3.8, 4) is 0 Å². The number of nitrogens with two attached hydrogens (primary N) is 1. The largest absolute Gasteiger partial charge is 0.321 e. The molecular formula is C23H43NO2. The standard InChI is InChI=1S/C23H43NO2/c1-21(2)23(24)22(26)19-17-15-13-11-9-7-5-3-4-6-8-10-12-14-16-18-20-25/h3-4,20-21,23H,5-19,24H2,1-2H3/b4-3-/t23-/m0/s1. The van der Waals surface area contributed by atoms with Gasteiger partial charge in [0.15, 0.2) is 0 Å². The number of carbonyl (C=O) groups is 2. The second-order valence-electron chi connectivity index (χ2n) is 7.88. The summed E-state index contributed by atoms with van der Waals surface area (Å²) in [6, 6.07) is -0.274. The third-order valence-corrected chi connectivity index (χ3v) is 4.99. The summed E-state index contributed by atoms with van der Waals surface area (Å²) in [6.07, 6.45) is 22.7. The summed E-state index contributed by atoms with van der Waals surface area (Å²) in [5.41, 5.74) is 5.86. The summed E-state index contributed by atoms with van der Waals surface area (Å²) in [7, 11) is 0. The molecule has 0 aromatic carbocycles. The van der Waals surface area contributed by atoms with Crippen LogP contribution in [0.5, 0.6) is 0 Å². The zero-order chi connectivity index (χ0) is 19.5. The predicted octanol–water partition coefficient (Wildman–Crippen LogP) is 6.15. The highest BCUT2D eigenvalue weighted by Gasteiger charge is 2.15. The fourth-order valence-electron chi connectivity index (χ4n) is 3.06. The molecule has 152 valence electrons. The number of hydrogen-bond acceptors (Lipinski definition) is 3. The fourth-order valence-corrected chi connectivity index (χ4v) is 3.06. The summed E-state index contributed by atoms with van der Waals surface area (Å²) in [5.74, 6) is 0.482. The van der Waals surface area contributed by atoms with E-state index >= 15 is 0 Å². The molecule has 0 aromatic rings. The molecule has 0 saturated carbocycles. The molecule has 0 aliphatic rings. The van der Waals surface area contributed by atoms with E-state index in [9.17, 15) is 9.59 Å². The molecule has 0 saturated heterocycles. The molecule has 0 fully saturated rings. The van der Waals surface area contributed by atoms with E-state index in [4.69, 9.17) is 5.73 Å². The van der Waals surface area contributed by atoms with Crippen LogP contribution in [-0.2, 0) is 9.59 Å². The molecule has 2 N–H and O–H groups in total. The van der Waals surface area contributed by atoms with Crippen LogP contribution in [0.2, 0.25) is 0 Å². The lowest BCUT2D eigenvalue weighted by Gasteiger charge is -2.13. The maximum Gasteiger partial charge on any atom is 0.149 e. The van der Waals surface area contributed by atoms with Crippen molar-refractivity contribution in [1.29, 1.82) is 0 Å². The van der Waals surface area contributed by atoms with Gasteiger partial charge in [0.05, 0.1) is 6.04 Å². The molecule has 0 heterocycles. The second-order valence-corrected chi connectivity index (χ2v) is 7.88. The Balaban J connectivity index is 3.26. The van der Waals surface area contributed by atoms with Gasteiger partial charge in [-0.05, 0) is 44.4 Å². The summed E-state index contributed by atoms with van der Waals surface area (Å²) in [6.45, 7) is 4.02. The van der Waals surface area contributed by atoms with Crippen LogP contribution in [0.3, 0.4) is 0 Å². The lowest BCUT2D eigenvalue weighted by molar-refractivity contribution is -0.121. The van der Waals surface area contributed by atoms with Crippen LogP contribution in [0, 0.1) is 5.92 Å². The zero-order valence-corrected chi connectivity index (χ0v) is 17.4. The molecular weight excluding hydrogens is 322 g/mol. The van der Waals surface area contributed by atoms with E-state index in [0.29, 0.717) is 6.42 Å². The Labute approximate surface area is 162 Å². The van der Waals surface area contributed by atoms with Gasteiger partial charge in [0.25, 0.3) is 0 Å². The summed E-state index contributed by atoms with van der Waals surface area (Å²) < 4.78 is 0. The van der Waals surface area contributed by atoms with Crippen LogP contribution < -0.4 is 5.73 Å². The van der Waals surface area contributed by atoms with E-state index in [1.807, 2.05) is 13.8 Å². The molecule has 26 heavy (non-hydrogen) atoms. The van der Waals surface area contributed by atoms with E-state index in [1.54, 1.807) is 0 Å². The van der Waals surface area contributed by atoms with E-state index < -0.39 is 0 Å². The van der Waals surface area contributed by atoms with Gasteiger partial charge in [0.2, 0.25) is 0 Å². The quantitative estimate of drug-likeness (QED) is 0.170. The topological polar surface area (TPSA) is 60.2 Å². The molecule has 0 unspecified atom stereocenters. The van der Waals surface area contributed by atoms with Crippen LogP contribution in [0.25, 0.3) is 0 Å². The average molecular weight is 366 g/mol. The summed E-state index contributed by atoms with van der Waals surface area (Å²) >= 11 is 0. The lowest BCUT2D eigenvalue weighted by atomic mass is 9.97. The first kappa shape index (κ1) is 25.0. The Morgan fingerprint density at radius 3 is 1.62 bits per heavy atom. The molecule has 0 spiro atoms. The van der Waals surface area contributed by atoms with Gasteiger partial charge in [0, 0.05) is 12.8 Å². The monoisotopic (exact) mass is 365 g/mol. The Kier molecular flexibility index (Phi) is 18.1. The molecule has 0 aliphatic carbocycles. The number of carbonyl (C=O) groups excluding carboxylic acids is 2. The first-order chi connectivity index (χ1) is 12.6. The van der Waals surface area contributed by atoms with Gasteiger partial charge in [-0.15, -0.1) is 0 Å². The molecule has 0 radical (unpaired) electrons. The normalized spacial score (nSPS) is 12.8. The van der Waals surface area contributed by atoms with Gasteiger partial charge in [-0.3, -0.25) is 4.79 Å². The smallest absolute Gasteiger partial charge is 0.149 e. The van der Waals surface area contributed by atoms with Crippen molar-refractivity contribution < 1.29 is 9.59 Å². The minimum atomic E-state index is -0.274. The zero-order valence-electron chi connectivity index (χ0n) is 17.4. The number of unbranched alkanes of at least 4 members (excludes halogenated alkanes) is 12. The van der Waals surface area contributed by atoms with Crippen LogP contribution in [0.1, 0.15) is 110 Å². The van der Waals surface area contributed by atoms with Crippen molar-refractivity contribution in [1.82, 2.24) is 0 Å². The van der Waals surface area contributed by atoms with Crippen LogP contribution in [-0.4, -0.2) is 18.1 Å². The predicted molar refractivity (Wildman–Crippen MR) is 112 cm³/mol. The molecule has 0 aromatic heterocycles. The molecule has 0 rings (SSSR count). The molecule has 0 aliphatic heterocycles. The van der Waals surface area contributed by atoms with Gasteiger partial charge >= 0.3 is 0 Å². The van der Waals surface area contributed by atoms with Crippen molar-refractivity contribution in [2.75, 3.05) is 0 Å². The fraction of sp³-hybridized carbons (Fsp3) is 0.826. The van der Waals surface area contributed by atoms with E-state index in [0.717, 1.165) is 32.0 Å². The molecule has 1 atom stereocenters. The van der Waals surface area contributed by atoms with Gasteiger partial charge in [-0.25, -0.2) is 0 Å². The molecule has 3 heteroatoms. The van der Waals surface area contributed by atoms with Crippen LogP contribution in [0.4, 0.5) is 0 Å². The van der Waals surface area contributed by atoms with E-state index in [1.165, 1.54) is 64.2 Å². The number of Topliss-reactive ketones (excluding diaryl/α,β-unsaturated/α-hetero) is 1. The van der Waals surface area contributed by atoms with Crippen molar-refractivity contribution >= 4 is 12.1 Å². The van der Waals surface area contributed by atoms with Gasteiger partial charge in [-0.2, -0.15) is 0 Å². The summed E-state index contributed by atoms with van der Waals surface area (Å²) in [4.78, 5) is 22.0. The Morgan fingerprint density at radius 1 is 0.731 bits per heavy atom. The minimum absolute atomic E-state index is 0.228. The highest BCUT2D eigenvalue weighted by atomic mass is 16.1. The van der Waals surface area contributed by atoms with Crippen LogP contribution >= 0.6 is 0 Å². The van der Waals surface area contributed by atoms with E-state index in [-0.39, 0.29) is 17.7 Å². The highest BCUT2D eigenvalue weighted by molar-refractivity contribution is 5.83. The van der Waals surface area contributed by atoms with Gasteiger partial charge in [0.1, 0.15) is 12.1 Å². The van der Waals surface area contributed by atoms with Crippen molar-refractivity contribution in [2.45, 2.75) is 116 Å². The minimum Gasteiger partial charge on any atom is -0.321 e. The molecule has 3 nitrogen and oxygen atoms in total. The summed E-state index contributed by atoms with van der Waals surface area (Å²) in [5, 5.41) is 0. The lowest BCUT2D eigenvalue weighted by Crippen LogP contribution is -2.35. The average Bonchev–Trinajstić information content (AvgIpc) is 2.63. The third kappa shape index (κ3) is 16.5. The first-order valence-corrected chi connectivity index (χ1v) is 11.0. The van der Waals surface area contributed by atoms with Crippen molar-refractivity contribution in [3.05, 3.63) is 12.2 Å². The number of aldehydes is 1. The number of hydrogen-bond donors (Lipinski definition) is 1. The van der Waals surface area contributed by atoms with E-state index in [2.05, 4.69) is 12.2 Å². The van der Waals surface area contributed by atoms with Crippen molar-refractivity contribution in [2.24, 2.45) is 11.7 Å². The number of rotatable bonds is 19. The first-order valence-electron chi connectivity index (χ1n) is 11.0. The maximum absolute atomic E-state index is 11.8. The Morgan fingerprint density at radius 2 is 1.15 bits per heavy atom. The van der Waals surface area contributed by atoms with Crippen molar-refractivity contribution in [3.63, 3.8) is 0 Å².